The lowest BCUT2D eigenvalue weighted by Crippen LogP contribution is -2.05. The number of anilines is 1. The molecular weight excluding hydrogens is 206 g/mol. The quantitative estimate of drug-likeness (QED) is 0.817. The summed E-state index contributed by atoms with van der Waals surface area (Å²) in [6, 6.07) is 17.5. The smallest absolute Gasteiger partial charge is 0.0376 e. The first-order valence-corrected chi connectivity index (χ1v) is 6.21. The van der Waals surface area contributed by atoms with Gasteiger partial charge in [-0.3, -0.25) is 0 Å². The number of rotatable bonds is 2. The fourth-order valence-electron chi connectivity index (χ4n) is 2.66. The Kier molecular flexibility index (Phi) is 2.60. The molecule has 2 aromatic rings. The van der Waals surface area contributed by atoms with Crippen LogP contribution in [0.4, 0.5) is 5.69 Å². The number of para-hydroxylation sites is 1. The van der Waals surface area contributed by atoms with Gasteiger partial charge in [0.1, 0.15) is 0 Å². The van der Waals surface area contributed by atoms with E-state index in [9.17, 15) is 0 Å². The fourth-order valence-corrected chi connectivity index (χ4v) is 2.66. The molecule has 0 saturated heterocycles. The Balaban J connectivity index is 1.84. The lowest BCUT2D eigenvalue weighted by Gasteiger charge is -2.10. The molecule has 1 heterocycles. The first-order chi connectivity index (χ1) is 8.33. The van der Waals surface area contributed by atoms with Gasteiger partial charge in [-0.15, -0.1) is 0 Å². The van der Waals surface area contributed by atoms with Crippen LogP contribution in [0.3, 0.4) is 0 Å². The van der Waals surface area contributed by atoms with Gasteiger partial charge in [0.2, 0.25) is 0 Å². The van der Waals surface area contributed by atoms with Gasteiger partial charge in [-0.1, -0.05) is 48.0 Å². The molecule has 0 fully saturated rings. The van der Waals surface area contributed by atoms with Crippen LogP contribution in [0.5, 0.6) is 0 Å². The second-order valence-corrected chi connectivity index (χ2v) is 4.86. The summed E-state index contributed by atoms with van der Waals surface area (Å²) in [5.74, 6) is 0.619. The van der Waals surface area contributed by atoms with Gasteiger partial charge >= 0.3 is 0 Å². The van der Waals surface area contributed by atoms with E-state index >= 15 is 0 Å². The van der Waals surface area contributed by atoms with Crippen molar-refractivity contribution >= 4 is 5.69 Å². The van der Waals surface area contributed by atoms with Crippen molar-refractivity contribution in [2.24, 2.45) is 0 Å². The van der Waals surface area contributed by atoms with E-state index in [0.717, 1.165) is 13.0 Å². The van der Waals surface area contributed by atoms with Gasteiger partial charge in [-0.25, -0.2) is 0 Å². The zero-order valence-electron chi connectivity index (χ0n) is 10.1. The number of hydrogen-bond acceptors (Lipinski definition) is 1. The highest BCUT2D eigenvalue weighted by Gasteiger charge is 2.21. The molecule has 0 aliphatic carbocycles. The van der Waals surface area contributed by atoms with Crippen molar-refractivity contribution in [3.63, 3.8) is 0 Å². The molecule has 1 aliphatic rings. The van der Waals surface area contributed by atoms with Crippen molar-refractivity contribution in [1.29, 1.82) is 0 Å². The van der Waals surface area contributed by atoms with Crippen molar-refractivity contribution in [2.45, 2.75) is 19.3 Å². The molecule has 0 radical (unpaired) electrons. The minimum Gasteiger partial charge on any atom is -0.384 e. The Bertz CT molecular complexity index is 531. The van der Waals surface area contributed by atoms with Crippen LogP contribution in [0.25, 0.3) is 0 Å². The minimum atomic E-state index is 0.619. The predicted molar refractivity (Wildman–Crippen MR) is 72.6 cm³/mol. The summed E-state index contributed by atoms with van der Waals surface area (Å²) in [4.78, 5) is 0. The molecule has 17 heavy (non-hydrogen) atoms. The Labute approximate surface area is 102 Å². The largest absolute Gasteiger partial charge is 0.384 e. The van der Waals surface area contributed by atoms with Crippen LogP contribution in [-0.2, 0) is 6.42 Å². The number of nitrogens with one attached hydrogen (secondary N) is 1. The van der Waals surface area contributed by atoms with E-state index in [1.165, 1.54) is 22.4 Å². The molecule has 1 heteroatoms. The maximum Gasteiger partial charge on any atom is 0.0376 e. The van der Waals surface area contributed by atoms with E-state index in [0.29, 0.717) is 5.92 Å². The maximum atomic E-state index is 3.49. The molecule has 86 valence electrons. The normalized spacial score (nSPS) is 17.6. The first kappa shape index (κ1) is 10.4. The van der Waals surface area contributed by atoms with E-state index < -0.39 is 0 Å². The number of benzene rings is 2. The topological polar surface area (TPSA) is 12.0 Å². The Hall–Kier alpha value is -1.76. The summed E-state index contributed by atoms with van der Waals surface area (Å²) in [6.07, 6.45) is 1.13. The lowest BCUT2D eigenvalue weighted by molar-refractivity contribution is 0.751. The second-order valence-electron chi connectivity index (χ2n) is 4.86. The molecule has 0 aromatic heterocycles. The van der Waals surface area contributed by atoms with E-state index in [1.54, 1.807) is 0 Å². The average molecular weight is 223 g/mol. The van der Waals surface area contributed by atoms with Gasteiger partial charge in [-0.05, 0) is 30.5 Å². The third-order valence-electron chi connectivity index (χ3n) is 3.50. The Morgan fingerprint density at radius 1 is 1.12 bits per heavy atom. The molecular formula is C16H17N. The molecule has 1 nitrogen and oxygen atoms in total. The van der Waals surface area contributed by atoms with E-state index in [-0.39, 0.29) is 0 Å². The van der Waals surface area contributed by atoms with Crippen LogP contribution >= 0.6 is 0 Å². The third kappa shape index (κ3) is 2.05. The Morgan fingerprint density at radius 2 is 2.00 bits per heavy atom. The molecule has 1 unspecified atom stereocenters. The van der Waals surface area contributed by atoms with Crippen LogP contribution in [0.15, 0.2) is 48.5 Å². The molecule has 0 amide bonds. The van der Waals surface area contributed by atoms with Crippen LogP contribution in [0.1, 0.15) is 22.6 Å². The fraction of sp³-hybridized carbons (Fsp3) is 0.250. The maximum absolute atomic E-state index is 3.49. The SMILES string of the molecule is Cc1cccc(CC2CNc3ccccc32)c1. The van der Waals surface area contributed by atoms with Gasteiger partial charge in [0.15, 0.2) is 0 Å². The molecule has 0 saturated carbocycles. The van der Waals surface area contributed by atoms with Gasteiger partial charge < -0.3 is 5.32 Å². The van der Waals surface area contributed by atoms with Crippen LogP contribution in [-0.4, -0.2) is 6.54 Å². The van der Waals surface area contributed by atoms with E-state index in [2.05, 4.69) is 60.8 Å². The first-order valence-electron chi connectivity index (χ1n) is 6.21. The minimum absolute atomic E-state index is 0.619. The highest BCUT2D eigenvalue weighted by Crippen LogP contribution is 2.33. The monoisotopic (exact) mass is 223 g/mol. The van der Waals surface area contributed by atoms with Crippen LogP contribution in [0.2, 0.25) is 0 Å². The lowest BCUT2D eigenvalue weighted by atomic mass is 9.93. The number of aryl methyl sites for hydroxylation is 1. The van der Waals surface area contributed by atoms with Crippen molar-refractivity contribution in [3.8, 4) is 0 Å². The third-order valence-corrected chi connectivity index (χ3v) is 3.50. The van der Waals surface area contributed by atoms with Gasteiger partial charge in [0, 0.05) is 18.2 Å². The summed E-state index contributed by atoms with van der Waals surface area (Å²) in [5.41, 5.74) is 5.56. The number of fused-ring (bicyclic) bond motifs is 1. The zero-order chi connectivity index (χ0) is 11.7. The molecule has 1 atom stereocenters. The summed E-state index contributed by atoms with van der Waals surface area (Å²) in [6.45, 7) is 3.22. The molecule has 1 N–H and O–H groups in total. The standard InChI is InChI=1S/C16H17N/c1-12-5-4-6-13(9-12)10-14-11-17-16-8-3-2-7-15(14)16/h2-9,14,17H,10-11H2,1H3. The van der Waals surface area contributed by atoms with Gasteiger partial charge in [0.25, 0.3) is 0 Å². The summed E-state index contributed by atoms with van der Waals surface area (Å²) in [7, 11) is 0. The van der Waals surface area contributed by atoms with Gasteiger partial charge in [0.05, 0.1) is 0 Å². The van der Waals surface area contributed by atoms with Crippen molar-refractivity contribution in [1.82, 2.24) is 0 Å². The zero-order valence-corrected chi connectivity index (χ0v) is 10.1. The van der Waals surface area contributed by atoms with Crippen LogP contribution < -0.4 is 5.32 Å². The highest BCUT2D eigenvalue weighted by molar-refractivity contribution is 5.57. The summed E-state index contributed by atoms with van der Waals surface area (Å²) in [5, 5.41) is 3.49. The summed E-state index contributed by atoms with van der Waals surface area (Å²) < 4.78 is 0. The second kappa shape index (κ2) is 4.25. The molecule has 3 rings (SSSR count). The number of hydrogen-bond donors (Lipinski definition) is 1. The molecule has 0 spiro atoms. The molecule has 0 bridgehead atoms. The van der Waals surface area contributed by atoms with E-state index in [1.807, 2.05) is 0 Å². The van der Waals surface area contributed by atoms with Crippen molar-refractivity contribution in [2.75, 3.05) is 11.9 Å². The van der Waals surface area contributed by atoms with Crippen molar-refractivity contribution in [3.05, 3.63) is 65.2 Å². The van der Waals surface area contributed by atoms with Gasteiger partial charge in [-0.2, -0.15) is 0 Å². The van der Waals surface area contributed by atoms with E-state index in [4.69, 9.17) is 0 Å². The Morgan fingerprint density at radius 3 is 2.88 bits per heavy atom. The molecule has 1 aliphatic heterocycles. The molecule has 2 aromatic carbocycles. The highest BCUT2D eigenvalue weighted by atomic mass is 14.9. The predicted octanol–water partition coefficient (Wildman–Crippen LogP) is 3.75. The van der Waals surface area contributed by atoms with Crippen molar-refractivity contribution < 1.29 is 0 Å². The average Bonchev–Trinajstić information content (AvgIpc) is 2.73. The van der Waals surface area contributed by atoms with Crippen LogP contribution in [0, 0.1) is 6.92 Å². The summed E-state index contributed by atoms with van der Waals surface area (Å²) >= 11 is 0.